The van der Waals surface area contributed by atoms with Gasteiger partial charge in [0, 0.05) is 18.1 Å². The fraction of sp³-hybridized carbons (Fsp3) is 0.353. The largest absolute Gasteiger partial charge is 0.390 e. The SMILES string of the molecule is CCNC(=NCc1ccccc1Cl)NCC(O)CS(=O)(=O)c1cccs1. The molecule has 0 bridgehead atoms. The summed E-state index contributed by atoms with van der Waals surface area (Å²) < 4.78 is 24.6. The van der Waals surface area contributed by atoms with Crippen LogP contribution >= 0.6 is 22.9 Å². The second kappa shape index (κ2) is 9.91. The lowest BCUT2D eigenvalue weighted by Crippen LogP contribution is -2.42. The highest BCUT2D eigenvalue weighted by Crippen LogP contribution is 2.18. The van der Waals surface area contributed by atoms with Crippen LogP contribution in [0.25, 0.3) is 0 Å². The highest BCUT2D eigenvalue weighted by Gasteiger charge is 2.20. The molecule has 1 atom stereocenters. The van der Waals surface area contributed by atoms with Gasteiger partial charge in [-0.3, -0.25) is 0 Å². The van der Waals surface area contributed by atoms with Gasteiger partial charge in [-0.25, -0.2) is 13.4 Å². The van der Waals surface area contributed by atoms with Crippen molar-refractivity contribution in [1.82, 2.24) is 10.6 Å². The first-order valence-corrected chi connectivity index (χ1v) is 11.0. The zero-order chi connectivity index (χ0) is 19.0. The monoisotopic (exact) mass is 415 g/mol. The smallest absolute Gasteiger partial charge is 0.191 e. The summed E-state index contributed by atoms with van der Waals surface area (Å²) in [7, 11) is -3.49. The molecular formula is C17H22ClN3O3S2. The van der Waals surface area contributed by atoms with Crippen molar-refractivity contribution < 1.29 is 13.5 Å². The van der Waals surface area contributed by atoms with Gasteiger partial charge in [0.05, 0.1) is 18.4 Å². The van der Waals surface area contributed by atoms with Crippen molar-refractivity contribution in [3.05, 3.63) is 52.4 Å². The molecule has 0 aliphatic carbocycles. The number of nitrogens with zero attached hydrogens (tertiary/aromatic N) is 1. The Balaban J connectivity index is 1.93. The lowest BCUT2D eigenvalue weighted by molar-refractivity contribution is 0.200. The van der Waals surface area contributed by atoms with E-state index in [1.807, 2.05) is 25.1 Å². The van der Waals surface area contributed by atoms with Crippen LogP contribution in [0.15, 0.2) is 51.0 Å². The van der Waals surface area contributed by atoms with Crippen molar-refractivity contribution in [1.29, 1.82) is 0 Å². The molecule has 0 radical (unpaired) electrons. The molecule has 0 aliphatic rings. The fourth-order valence-corrected chi connectivity index (χ4v) is 4.86. The van der Waals surface area contributed by atoms with Crippen molar-refractivity contribution in [2.75, 3.05) is 18.8 Å². The van der Waals surface area contributed by atoms with Crippen LogP contribution in [0.4, 0.5) is 0 Å². The summed E-state index contributed by atoms with van der Waals surface area (Å²) in [5, 5.41) is 18.4. The van der Waals surface area contributed by atoms with Gasteiger partial charge in [-0.2, -0.15) is 0 Å². The van der Waals surface area contributed by atoms with Gasteiger partial charge in [-0.15, -0.1) is 11.3 Å². The number of aliphatic hydroxyl groups is 1. The number of guanidine groups is 1. The van der Waals surface area contributed by atoms with Gasteiger partial charge >= 0.3 is 0 Å². The maximum atomic E-state index is 12.2. The van der Waals surface area contributed by atoms with Gasteiger partial charge in [0.25, 0.3) is 0 Å². The maximum absolute atomic E-state index is 12.2. The lowest BCUT2D eigenvalue weighted by atomic mass is 10.2. The van der Waals surface area contributed by atoms with Gasteiger partial charge in [0.2, 0.25) is 0 Å². The Morgan fingerprint density at radius 2 is 2.04 bits per heavy atom. The van der Waals surface area contributed by atoms with Crippen molar-refractivity contribution in [2.24, 2.45) is 4.99 Å². The minimum absolute atomic E-state index is 0.0684. The number of halogens is 1. The molecule has 2 aromatic rings. The van der Waals surface area contributed by atoms with E-state index in [1.165, 1.54) is 6.07 Å². The van der Waals surface area contributed by atoms with E-state index >= 15 is 0 Å². The topological polar surface area (TPSA) is 90.8 Å². The van der Waals surface area contributed by atoms with Crippen molar-refractivity contribution in [3.63, 3.8) is 0 Å². The summed E-state index contributed by atoms with van der Waals surface area (Å²) in [6.07, 6.45) is -1.05. The predicted octanol–water partition coefficient (Wildman–Crippen LogP) is 2.29. The van der Waals surface area contributed by atoms with Crippen LogP contribution in [-0.2, 0) is 16.4 Å². The molecule has 1 heterocycles. The average Bonchev–Trinajstić information content (AvgIpc) is 3.14. The molecule has 1 unspecified atom stereocenters. The predicted molar refractivity (Wildman–Crippen MR) is 107 cm³/mol. The number of aliphatic hydroxyl groups excluding tert-OH is 1. The van der Waals surface area contributed by atoms with E-state index in [0.717, 1.165) is 16.9 Å². The van der Waals surface area contributed by atoms with Gasteiger partial charge in [-0.05, 0) is 30.0 Å². The zero-order valence-corrected chi connectivity index (χ0v) is 16.7. The normalized spacial score (nSPS) is 13.4. The summed E-state index contributed by atoms with van der Waals surface area (Å²) in [5.74, 6) is 0.143. The molecule has 3 N–H and O–H groups in total. The van der Waals surface area contributed by atoms with Crippen LogP contribution in [0, 0.1) is 0 Å². The Hall–Kier alpha value is -1.61. The molecule has 142 valence electrons. The van der Waals surface area contributed by atoms with Gasteiger partial charge < -0.3 is 15.7 Å². The van der Waals surface area contributed by atoms with Crippen molar-refractivity contribution in [2.45, 2.75) is 23.8 Å². The molecule has 26 heavy (non-hydrogen) atoms. The van der Waals surface area contributed by atoms with E-state index in [4.69, 9.17) is 11.6 Å². The Labute approximate surface area is 162 Å². The highest BCUT2D eigenvalue weighted by molar-refractivity contribution is 7.93. The Morgan fingerprint density at radius 1 is 1.27 bits per heavy atom. The number of nitrogens with one attached hydrogen (secondary N) is 2. The molecule has 6 nitrogen and oxygen atoms in total. The summed E-state index contributed by atoms with van der Waals surface area (Å²) in [6, 6.07) is 10.6. The number of thiophene rings is 1. The van der Waals surface area contributed by atoms with Crippen LogP contribution in [0.3, 0.4) is 0 Å². The van der Waals surface area contributed by atoms with E-state index in [1.54, 1.807) is 17.5 Å². The Bertz CT molecular complexity index is 824. The third-order valence-electron chi connectivity index (χ3n) is 3.43. The number of hydrogen-bond acceptors (Lipinski definition) is 5. The minimum atomic E-state index is -3.49. The van der Waals surface area contributed by atoms with E-state index in [-0.39, 0.29) is 16.5 Å². The fourth-order valence-electron chi connectivity index (χ4n) is 2.18. The summed E-state index contributed by atoms with van der Waals surface area (Å²) in [6.45, 7) is 3.00. The van der Waals surface area contributed by atoms with Gasteiger partial charge in [0.1, 0.15) is 4.21 Å². The number of sulfone groups is 1. The molecule has 1 aromatic heterocycles. The average molecular weight is 416 g/mol. The number of hydrogen-bond donors (Lipinski definition) is 3. The third-order valence-corrected chi connectivity index (χ3v) is 7.08. The molecule has 0 aliphatic heterocycles. The van der Waals surface area contributed by atoms with E-state index < -0.39 is 15.9 Å². The standard InChI is InChI=1S/C17H22ClN3O3S2/c1-2-19-17(20-10-13-6-3-4-7-15(13)18)21-11-14(22)12-26(23,24)16-8-5-9-25-16/h3-9,14,22H,2,10-12H2,1H3,(H2,19,20,21). The second-order valence-electron chi connectivity index (χ2n) is 5.53. The van der Waals surface area contributed by atoms with Gasteiger partial charge in [0.15, 0.2) is 15.8 Å². The van der Waals surface area contributed by atoms with Crippen LogP contribution in [0.1, 0.15) is 12.5 Å². The summed E-state index contributed by atoms with van der Waals surface area (Å²) in [5.41, 5.74) is 0.882. The van der Waals surface area contributed by atoms with Crippen LogP contribution in [0.5, 0.6) is 0 Å². The van der Waals surface area contributed by atoms with E-state index in [9.17, 15) is 13.5 Å². The molecule has 2 rings (SSSR count). The lowest BCUT2D eigenvalue weighted by Gasteiger charge is -2.15. The van der Waals surface area contributed by atoms with Crippen molar-refractivity contribution >= 4 is 38.7 Å². The molecule has 0 spiro atoms. The summed E-state index contributed by atoms with van der Waals surface area (Å²) >= 11 is 7.26. The first-order chi connectivity index (χ1) is 12.4. The highest BCUT2D eigenvalue weighted by atomic mass is 35.5. The molecule has 0 saturated carbocycles. The minimum Gasteiger partial charge on any atom is -0.390 e. The van der Waals surface area contributed by atoms with Crippen LogP contribution < -0.4 is 10.6 Å². The number of rotatable bonds is 8. The first kappa shape index (κ1) is 20.7. The molecule has 0 saturated heterocycles. The first-order valence-electron chi connectivity index (χ1n) is 8.12. The number of benzene rings is 1. The Kier molecular flexibility index (Phi) is 7.89. The van der Waals surface area contributed by atoms with E-state index in [2.05, 4.69) is 15.6 Å². The van der Waals surface area contributed by atoms with Crippen molar-refractivity contribution in [3.8, 4) is 0 Å². The Morgan fingerprint density at radius 3 is 2.69 bits per heavy atom. The molecule has 1 aromatic carbocycles. The van der Waals surface area contributed by atoms with E-state index in [0.29, 0.717) is 24.1 Å². The molecular weight excluding hydrogens is 394 g/mol. The van der Waals surface area contributed by atoms with Crippen LogP contribution in [0.2, 0.25) is 5.02 Å². The summed E-state index contributed by atoms with van der Waals surface area (Å²) in [4.78, 5) is 4.41. The zero-order valence-electron chi connectivity index (χ0n) is 14.4. The number of aliphatic imine (C=N–C) groups is 1. The van der Waals surface area contributed by atoms with Crippen LogP contribution in [-0.4, -0.2) is 44.4 Å². The molecule has 0 amide bonds. The third kappa shape index (κ3) is 6.28. The second-order valence-corrected chi connectivity index (χ2v) is 9.15. The molecule has 9 heteroatoms. The van der Waals surface area contributed by atoms with Gasteiger partial charge in [-0.1, -0.05) is 35.9 Å². The maximum Gasteiger partial charge on any atom is 0.191 e. The molecule has 0 fully saturated rings. The quantitative estimate of drug-likeness (QED) is 0.454.